The van der Waals surface area contributed by atoms with Crippen LogP contribution in [-0.2, 0) is 0 Å². The van der Waals surface area contributed by atoms with Crippen LogP contribution in [0.2, 0.25) is 0 Å². The molecule has 0 fully saturated rings. The number of aromatic nitrogens is 1. The molecule has 82 valence electrons. The van der Waals surface area contributed by atoms with E-state index in [1.807, 2.05) is 6.92 Å². The minimum Gasteiger partial charge on any atom is -0.396 e. The van der Waals surface area contributed by atoms with Crippen LogP contribution in [0.3, 0.4) is 0 Å². The van der Waals surface area contributed by atoms with E-state index in [4.69, 9.17) is 5.11 Å². The number of pyridine rings is 1. The van der Waals surface area contributed by atoms with E-state index in [0.29, 0.717) is 12.2 Å². The van der Waals surface area contributed by atoms with E-state index >= 15 is 0 Å². The Morgan fingerprint density at radius 2 is 2.47 bits per heavy atom. The SMILES string of the molecule is CC(CO)CNC(=O)Nc1cccnc1. The van der Waals surface area contributed by atoms with Gasteiger partial charge in [-0.2, -0.15) is 0 Å². The summed E-state index contributed by atoms with van der Waals surface area (Å²) in [7, 11) is 0. The fraction of sp³-hybridized carbons (Fsp3) is 0.400. The van der Waals surface area contributed by atoms with Crippen LogP contribution in [0.4, 0.5) is 10.5 Å². The predicted octanol–water partition coefficient (Wildman–Crippen LogP) is 0.831. The van der Waals surface area contributed by atoms with Crippen molar-refractivity contribution in [3.63, 3.8) is 0 Å². The molecule has 0 saturated carbocycles. The smallest absolute Gasteiger partial charge is 0.319 e. The van der Waals surface area contributed by atoms with Gasteiger partial charge >= 0.3 is 6.03 Å². The number of aliphatic hydroxyl groups excluding tert-OH is 1. The summed E-state index contributed by atoms with van der Waals surface area (Å²) >= 11 is 0. The standard InChI is InChI=1S/C10H15N3O2/c1-8(7-14)5-12-10(15)13-9-3-2-4-11-6-9/h2-4,6,8,14H,5,7H2,1H3,(H2,12,13,15). The lowest BCUT2D eigenvalue weighted by atomic mass is 10.2. The third-order valence-electron chi connectivity index (χ3n) is 1.84. The Kier molecular flexibility index (Phi) is 4.56. The number of hydrogen-bond donors (Lipinski definition) is 3. The molecule has 0 aliphatic rings. The second kappa shape index (κ2) is 5.98. The third-order valence-corrected chi connectivity index (χ3v) is 1.84. The molecular weight excluding hydrogens is 194 g/mol. The number of hydrogen-bond acceptors (Lipinski definition) is 3. The zero-order valence-corrected chi connectivity index (χ0v) is 8.60. The van der Waals surface area contributed by atoms with Crippen LogP contribution in [0.25, 0.3) is 0 Å². The molecule has 0 saturated heterocycles. The van der Waals surface area contributed by atoms with Crippen LogP contribution in [-0.4, -0.2) is 29.3 Å². The molecule has 1 aromatic heterocycles. The fourth-order valence-corrected chi connectivity index (χ4v) is 0.943. The number of rotatable bonds is 4. The lowest BCUT2D eigenvalue weighted by Gasteiger charge is -2.10. The summed E-state index contributed by atoms with van der Waals surface area (Å²) in [5.41, 5.74) is 0.645. The van der Waals surface area contributed by atoms with Gasteiger partial charge in [0.15, 0.2) is 0 Å². The number of anilines is 1. The lowest BCUT2D eigenvalue weighted by molar-refractivity contribution is 0.227. The molecule has 0 aliphatic carbocycles. The van der Waals surface area contributed by atoms with E-state index in [1.54, 1.807) is 24.5 Å². The monoisotopic (exact) mass is 209 g/mol. The molecule has 1 heterocycles. The van der Waals surface area contributed by atoms with Gasteiger partial charge in [-0.15, -0.1) is 0 Å². The van der Waals surface area contributed by atoms with E-state index in [1.165, 1.54) is 0 Å². The first-order valence-corrected chi connectivity index (χ1v) is 4.78. The second-order valence-corrected chi connectivity index (χ2v) is 3.36. The maximum Gasteiger partial charge on any atom is 0.319 e. The quantitative estimate of drug-likeness (QED) is 0.687. The van der Waals surface area contributed by atoms with Crippen LogP contribution in [0.5, 0.6) is 0 Å². The fourth-order valence-electron chi connectivity index (χ4n) is 0.943. The summed E-state index contributed by atoms with van der Waals surface area (Å²) in [5.74, 6) is 0.0599. The lowest BCUT2D eigenvalue weighted by Crippen LogP contribution is -2.33. The maximum atomic E-state index is 11.3. The molecule has 15 heavy (non-hydrogen) atoms. The largest absolute Gasteiger partial charge is 0.396 e. The summed E-state index contributed by atoms with van der Waals surface area (Å²) in [6.45, 7) is 2.36. The third kappa shape index (κ3) is 4.42. The summed E-state index contributed by atoms with van der Waals surface area (Å²) in [5, 5.41) is 14.0. The number of nitrogens with zero attached hydrogens (tertiary/aromatic N) is 1. The summed E-state index contributed by atoms with van der Waals surface area (Å²) in [6.07, 6.45) is 3.20. The predicted molar refractivity (Wildman–Crippen MR) is 57.5 cm³/mol. The Bertz CT molecular complexity index is 303. The molecule has 1 atom stereocenters. The van der Waals surface area contributed by atoms with Gasteiger partial charge in [-0.3, -0.25) is 4.98 Å². The number of carbonyl (C=O) groups excluding carboxylic acids is 1. The zero-order valence-electron chi connectivity index (χ0n) is 8.60. The van der Waals surface area contributed by atoms with Crippen LogP contribution >= 0.6 is 0 Å². The van der Waals surface area contributed by atoms with Gasteiger partial charge in [-0.25, -0.2) is 4.79 Å². The van der Waals surface area contributed by atoms with Gasteiger partial charge in [0.05, 0.1) is 11.9 Å². The first-order valence-electron chi connectivity index (χ1n) is 4.78. The Morgan fingerprint density at radius 3 is 3.07 bits per heavy atom. The van der Waals surface area contributed by atoms with Crippen LogP contribution in [0.15, 0.2) is 24.5 Å². The Morgan fingerprint density at radius 1 is 1.67 bits per heavy atom. The minimum absolute atomic E-state index is 0.0599. The van der Waals surface area contributed by atoms with E-state index < -0.39 is 0 Å². The normalized spacial score (nSPS) is 11.9. The molecule has 0 radical (unpaired) electrons. The van der Waals surface area contributed by atoms with Gasteiger partial charge in [0.1, 0.15) is 0 Å². The first-order chi connectivity index (χ1) is 7.22. The van der Waals surface area contributed by atoms with Crippen molar-refractivity contribution in [1.29, 1.82) is 0 Å². The van der Waals surface area contributed by atoms with Crippen LogP contribution < -0.4 is 10.6 Å². The van der Waals surface area contributed by atoms with Gasteiger partial charge in [-0.05, 0) is 18.1 Å². The van der Waals surface area contributed by atoms with Crippen molar-refractivity contribution in [2.24, 2.45) is 5.92 Å². The molecule has 0 aliphatic heterocycles. The number of urea groups is 1. The van der Waals surface area contributed by atoms with Crippen molar-refractivity contribution >= 4 is 11.7 Å². The second-order valence-electron chi connectivity index (χ2n) is 3.36. The Labute approximate surface area is 88.5 Å². The summed E-state index contributed by atoms with van der Waals surface area (Å²) in [4.78, 5) is 15.2. The molecule has 0 aromatic carbocycles. The molecule has 3 N–H and O–H groups in total. The summed E-state index contributed by atoms with van der Waals surface area (Å²) in [6, 6.07) is 3.21. The molecule has 1 rings (SSSR count). The maximum absolute atomic E-state index is 11.3. The number of aliphatic hydroxyl groups is 1. The molecule has 0 spiro atoms. The van der Waals surface area contributed by atoms with E-state index in [0.717, 1.165) is 0 Å². The van der Waals surface area contributed by atoms with Gasteiger partial charge in [0.25, 0.3) is 0 Å². The highest BCUT2D eigenvalue weighted by molar-refractivity contribution is 5.88. The van der Waals surface area contributed by atoms with Gasteiger partial charge in [0, 0.05) is 19.3 Å². The highest BCUT2D eigenvalue weighted by Gasteiger charge is 2.03. The molecule has 1 unspecified atom stereocenters. The average molecular weight is 209 g/mol. The molecule has 1 aromatic rings. The molecular formula is C10H15N3O2. The number of carbonyl (C=O) groups is 1. The van der Waals surface area contributed by atoms with Crippen molar-refractivity contribution in [2.75, 3.05) is 18.5 Å². The van der Waals surface area contributed by atoms with Crippen LogP contribution in [0.1, 0.15) is 6.92 Å². The molecule has 0 bridgehead atoms. The van der Waals surface area contributed by atoms with Crippen molar-refractivity contribution in [2.45, 2.75) is 6.92 Å². The Hall–Kier alpha value is -1.62. The highest BCUT2D eigenvalue weighted by Crippen LogP contribution is 2.01. The van der Waals surface area contributed by atoms with Gasteiger partial charge in [-0.1, -0.05) is 6.92 Å². The van der Waals surface area contributed by atoms with E-state index in [2.05, 4.69) is 15.6 Å². The van der Waals surface area contributed by atoms with E-state index in [9.17, 15) is 4.79 Å². The minimum atomic E-state index is -0.289. The van der Waals surface area contributed by atoms with Crippen LogP contribution in [0, 0.1) is 5.92 Å². The van der Waals surface area contributed by atoms with Crippen molar-refractivity contribution in [3.05, 3.63) is 24.5 Å². The molecule has 5 heteroatoms. The zero-order chi connectivity index (χ0) is 11.1. The first kappa shape index (κ1) is 11.5. The van der Waals surface area contributed by atoms with E-state index in [-0.39, 0.29) is 18.6 Å². The average Bonchev–Trinajstić information content (AvgIpc) is 2.27. The summed E-state index contributed by atoms with van der Waals surface area (Å²) < 4.78 is 0. The van der Waals surface area contributed by atoms with Crippen molar-refractivity contribution in [3.8, 4) is 0 Å². The number of amides is 2. The molecule has 2 amide bonds. The number of nitrogens with one attached hydrogen (secondary N) is 2. The topological polar surface area (TPSA) is 74.2 Å². The molecule has 5 nitrogen and oxygen atoms in total. The van der Waals surface area contributed by atoms with Crippen molar-refractivity contribution < 1.29 is 9.90 Å². The Balaban J connectivity index is 2.31. The highest BCUT2D eigenvalue weighted by atomic mass is 16.3. The van der Waals surface area contributed by atoms with Crippen molar-refractivity contribution in [1.82, 2.24) is 10.3 Å². The van der Waals surface area contributed by atoms with Gasteiger partial charge in [0.2, 0.25) is 0 Å². The van der Waals surface area contributed by atoms with Gasteiger partial charge < -0.3 is 15.7 Å².